The summed E-state index contributed by atoms with van der Waals surface area (Å²) in [5.41, 5.74) is 23.6. The van der Waals surface area contributed by atoms with Crippen molar-refractivity contribution in [3.63, 3.8) is 0 Å². The maximum Gasteiger partial charge on any atom is 0.0727 e. The summed E-state index contributed by atoms with van der Waals surface area (Å²) < 4.78 is 5.04. The molecule has 10 aromatic carbocycles. The first kappa shape index (κ1) is 38.0. The highest BCUT2D eigenvalue weighted by Gasteiger charge is 2.52. The summed E-state index contributed by atoms with van der Waals surface area (Å²) in [5, 5.41) is 2.56. The van der Waals surface area contributed by atoms with Gasteiger partial charge in [0.15, 0.2) is 0 Å². The Hall–Kier alpha value is -8.30. The van der Waals surface area contributed by atoms with Crippen LogP contribution in [0.4, 0.5) is 0 Å². The van der Waals surface area contributed by atoms with Gasteiger partial charge in [-0.2, -0.15) is 0 Å². The average Bonchev–Trinajstić information content (AvgIpc) is 4.11. The zero-order chi connectivity index (χ0) is 44.1. The maximum atomic E-state index is 2.44. The molecule has 2 aliphatic carbocycles. The van der Waals surface area contributed by atoms with E-state index in [-0.39, 0.29) is 0 Å². The molecule has 67 heavy (non-hydrogen) atoms. The molecule has 0 saturated heterocycles. The van der Waals surface area contributed by atoms with Gasteiger partial charge in [-0.1, -0.05) is 212 Å². The van der Waals surface area contributed by atoms with Crippen molar-refractivity contribution in [1.29, 1.82) is 0 Å². The van der Waals surface area contributed by atoms with Crippen LogP contribution in [0.2, 0.25) is 0 Å². The summed E-state index contributed by atoms with van der Waals surface area (Å²) in [6.07, 6.45) is 2.36. The summed E-state index contributed by atoms with van der Waals surface area (Å²) in [4.78, 5) is 0. The lowest BCUT2D eigenvalue weighted by molar-refractivity contribution is 0.794. The van der Waals surface area contributed by atoms with E-state index in [4.69, 9.17) is 0 Å². The number of thiophene rings is 1. The highest BCUT2D eigenvalue weighted by molar-refractivity contribution is 7.26. The van der Waals surface area contributed by atoms with E-state index in [2.05, 4.69) is 253 Å². The van der Waals surface area contributed by atoms with Crippen LogP contribution in [-0.4, -0.2) is 4.57 Å². The van der Waals surface area contributed by atoms with Crippen molar-refractivity contribution in [1.82, 2.24) is 4.57 Å². The second-order valence-corrected chi connectivity index (χ2v) is 18.9. The van der Waals surface area contributed by atoms with Crippen molar-refractivity contribution in [3.8, 4) is 50.2 Å². The number of hydrogen-bond acceptors (Lipinski definition) is 1. The third kappa shape index (κ3) is 5.54. The van der Waals surface area contributed by atoms with E-state index in [0.717, 1.165) is 0 Å². The lowest BCUT2D eigenvalue weighted by Crippen LogP contribution is -2.25. The Morgan fingerprint density at radius 3 is 1.73 bits per heavy atom. The van der Waals surface area contributed by atoms with Crippen LogP contribution in [0.15, 0.2) is 243 Å². The van der Waals surface area contributed by atoms with Gasteiger partial charge >= 0.3 is 0 Å². The number of nitrogens with zero attached hydrogens (tertiary/aromatic N) is 1. The van der Waals surface area contributed by atoms with Crippen molar-refractivity contribution in [2.45, 2.75) is 5.41 Å². The smallest absolute Gasteiger partial charge is 0.0727 e. The summed E-state index contributed by atoms with van der Waals surface area (Å²) in [6.45, 7) is 0. The first-order chi connectivity index (χ1) is 33.3. The number of aromatic nitrogens is 1. The number of rotatable bonds is 6. The van der Waals surface area contributed by atoms with E-state index in [0.29, 0.717) is 0 Å². The number of para-hydroxylation sites is 2. The molecule has 0 atom stereocenters. The maximum absolute atomic E-state index is 2.44. The molecule has 0 bridgehead atoms. The topological polar surface area (TPSA) is 4.93 Å². The fourth-order valence-electron chi connectivity index (χ4n) is 11.7. The van der Waals surface area contributed by atoms with Crippen molar-refractivity contribution in [2.75, 3.05) is 0 Å². The minimum absolute atomic E-state index is 0.395. The van der Waals surface area contributed by atoms with Gasteiger partial charge in [0, 0.05) is 21.2 Å². The Balaban J connectivity index is 0.936. The second-order valence-electron chi connectivity index (χ2n) is 17.9. The zero-order valence-electron chi connectivity index (χ0n) is 36.5. The van der Waals surface area contributed by atoms with Gasteiger partial charge in [-0.05, 0) is 125 Å². The lowest BCUT2D eigenvalue weighted by atomic mass is 9.70. The fraction of sp³-hybridized carbons (Fsp3) is 0.0154. The van der Waals surface area contributed by atoms with Crippen molar-refractivity contribution in [3.05, 3.63) is 282 Å². The molecule has 1 nitrogen and oxygen atoms in total. The van der Waals surface area contributed by atoms with Crippen LogP contribution in [0.1, 0.15) is 38.9 Å². The second kappa shape index (κ2) is 14.9. The molecule has 2 aromatic heterocycles. The first-order valence-electron chi connectivity index (χ1n) is 23.2. The van der Waals surface area contributed by atoms with Crippen molar-refractivity contribution >= 4 is 54.2 Å². The normalized spacial score (nSPS) is 13.3. The van der Waals surface area contributed by atoms with Crippen molar-refractivity contribution < 1.29 is 0 Å². The van der Waals surface area contributed by atoms with Gasteiger partial charge in [0.1, 0.15) is 0 Å². The first-order valence-corrected chi connectivity index (χ1v) is 24.0. The zero-order valence-corrected chi connectivity index (χ0v) is 37.3. The molecule has 14 rings (SSSR count). The largest absolute Gasteiger partial charge is 0.308 e. The summed E-state index contributed by atoms with van der Waals surface area (Å²) in [7, 11) is 0. The molecule has 1 spiro atoms. The predicted octanol–water partition coefficient (Wildman–Crippen LogP) is 17.3. The molecular formula is C65H41NS. The number of hydrogen-bond donors (Lipinski definition) is 0. The standard InChI is InChI=1S/C65H41NS/c1-3-19-42(20-4-1)39-55(45-37-38-54-61(41-45)67-64-53-30-12-16-36-60(53)66(63(54)64)46-23-5-2-6-24-46)44-22-17-21-43(40-44)47-25-7-8-26-48(47)51-31-18-35-59-62(51)52-29-11-15-34-58(52)65(59)56-32-13-9-27-49(56)50-28-10-14-33-57(50)65/h1-41H/b55-39-. The van der Waals surface area contributed by atoms with Crippen LogP contribution in [0.25, 0.3) is 93.0 Å². The van der Waals surface area contributed by atoms with E-state index in [9.17, 15) is 0 Å². The predicted molar refractivity (Wildman–Crippen MR) is 283 cm³/mol. The highest BCUT2D eigenvalue weighted by atomic mass is 32.1. The Bertz CT molecular complexity index is 3930. The highest BCUT2D eigenvalue weighted by Crippen LogP contribution is 2.64. The minimum atomic E-state index is -0.395. The van der Waals surface area contributed by atoms with Gasteiger partial charge in [0.05, 0.1) is 21.1 Å². The van der Waals surface area contributed by atoms with Gasteiger partial charge in [0.25, 0.3) is 0 Å². The molecule has 0 N–H and O–H groups in total. The molecule has 2 heteroatoms. The van der Waals surface area contributed by atoms with Gasteiger partial charge < -0.3 is 4.57 Å². The summed E-state index contributed by atoms with van der Waals surface area (Å²) in [6, 6.07) is 89.9. The molecule has 0 saturated carbocycles. The van der Waals surface area contributed by atoms with E-state index >= 15 is 0 Å². The van der Waals surface area contributed by atoms with Crippen LogP contribution in [0, 0.1) is 0 Å². The molecule has 0 amide bonds. The molecule has 2 aliphatic rings. The van der Waals surface area contributed by atoms with Crippen LogP contribution < -0.4 is 0 Å². The molecule has 0 radical (unpaired) electrons. The van der Waals surface area contributed by atoms with Crippen molar-refractivity contribution in [2.24, 2.45) is 0 Å². The van der Waals surface area contributed by atoms with Crippen LogP contribution in [0.5, 0.6) is 0 Å². The van der Waals surface area contributed by atoms with E-state index in [1.165, 1.54) is 126 Å². The summed E-state index contributed by atoms with van der Waals surface area (Å²) in [5.74, 6) is 0. The van der Waals surface area contributed by atoms with Crippen LogP contribution in [0.3, 0.4) is 0 Å². The Morgan fingerprint density at radius 1 is 0.403 bits per heavy atom. The van der Waals surface area contributed by atoms with Gasteiger partial charge in [-0.3, -0.25) is 0 Å². The molecule has 0 fully saturated rings. The molecule has 312 valence electrons. The Morgan fingerprint density at radius 2 is 0.970 bits per heavy atom. The van der Waals surface area contributed by atoms with E-state index in [1.807, 2.05) is 11.3 Å². The van der Waals surface area contributed by atoms with E-state index < -0.39 is 5.41 Å². The van der Waals surface area contributed by atoms with Gasteiger partial charge in [-0.15, -0.1) is 11.3 Å². The van der Waals surface area contributed by atoms with Gasteiger partial charge in [-0.25, -0.2) is 0 Å². The third-order valence-corrected chi connectivity index (χ3v) is 15.6. The van der Waals surface area contributed by atoms with Crippen LogP contribution >= 0.6 is 11.3 Å². The molecule has 12 aromatic rings. The molecular weight excluding hydrogens is 827 g/mol. The molecule has 0 aliphatic heterocycles. The Labute approximate surface area is 393 Å². The molecule has 2 heterocycles. The van der Waals surface area contributed by atoms with Crippen LogP contribution in [-0.2, 0) is 5.41 Å². The number of fused-ring (bicyclic) bond motifs is 15. The molecule has 0 unspecified atom stereocenters. The SMILES string of the molecule is C(=C(\c1cccc(-c2ccccc2-c2cccc3c2-c2ccccc2C32c3ccccc3-c3ccccc32)c1)c1ccc2c(c1)sc1c3ccccc3n(-c3ccccc3)c21)/c1ccccc1. The number of benzene rings is 10. The monoisotopic (exact) mass is 867 g/mol. The fourth-order valence-corrected chi connectivity index (χ4v) is 13.0. The quantitative estimate of drug-likeness (QED) is 0.147. The summed E-state index contributed by atoms with van der Waals surface area (Å²) >= 11 is 1.90. The lowest BCUT2D eigenvalue weighted by Gasteiger charge is -2.30. The third-order valence-electron chi connectivity index (χ3n) is 14.4. The Kier molecular flexibility index (Phi) is 8.44. The minimum Gasteiger partial charge on any atom is -0.308 e. The average molecular weight is 868 g/mol. The van der Waals surface area contributed by atoms with E-state index in [1.54, 1.807) is 0 Å². The van der Waals surface area contributed by atoms with Gasteiger partial charge in [0.2, 0.25) is 0 Å².